The first-order valence-corrected chi connectivity index (χ1v) is 16.3. The van der Waals surface area contributed by atoms with E-state index >= 15 is 0 Å². The number of benzene rings is 2. The lowest BCUT2D eigenvalue weighted by Crippen LogP contribution is -2.10. The zero-order valence-corrected chi connectivity index (χ0v) is 28.6. The van der Waals surface area contributed by atoms with E-state index in [1.165, 1.54) is 33.9 Å². The lowest BCUT2D eigenvalue weighted by atomic mass is 10.1. The van der Waals surface area contributed by atoms with Gasteiger partial charge < -0.3 is 15.5 Å². The number of aromatic nitrogens is 7. The standard InChI is InChI=1S/C18H15F3N6S.C12H11IN4S/c1-26(2)12-5-3-4-10(6-12)16-25-27-14(9-24-17(27)28-16)11-7-13(18(19,20)21)15(22)23-8-11;1-16(2)9-5-3-4-8(6-9)11-15-17-10(13)7-14-12(17)18-11/h3-9H,1-2H3,(H2,22,23);3-7H,1-2H3. The maximum atomic E-state index is 13.2. The van der Waals surface area contributed by atoms with Gasteiger partial charge in [0.25, 0.3) is 0 Å². The molecule has 10 nitrogen and oxygen atoms in total. The van der Waals surface area contributed by atoms with E-state index < -0.39 is 17.6 Å². The van der Waals surface area contributed by atoms with E-state index in [4.69, 9.17) is 5.73 Å². The lowest BCUT2D eigenvalue weighted by molar-refractivity contribution is -0.137. The van der Waals surface area contributed by atoms with Crippen LogP contribution in [0.5, 0.6) is 0 Å². The molecule has 0 spiro atoms. The molecule has 46 heavy (non-hydrogen) atoms. The first-order chi connectivity index (χ1) is 21.9. The van der Waals surface area contributed by atoms with Gasteiger partial charge in [-0.15, -0.1) is 0 Å². The Bertz CT molecular complexity index is 2160. The summed E-state index contributed by atoms with van der Waals surface area (Å²) in [6.45, 7) is 0. The summed E-state index contributed by atoms with van der Waals surface area (Å²) in [5.41, 5.74) is 9.30. The summed E-state index contributed by atoms with van der Waals surface area (Å²) in [5.74, 6) is -0.559. The van der Waals surface area contributed by atoms with Gasteiger partial charge in [0.2, 0.25) is 9.92 Å². The maximum absolute atomic E-state index is 13.2. The Hall–Kier alpha value is -4.29. The van der Waals surface area contributed by atoms with Gasteiger partial charge in [0.1, 0.15) is 19.5 Å². The van der Waals surface area contributed by atoms with Crippen LogP contribution in [0.1, 0.15) is 5.56 Å². The molecule has 0 fully saturated rings. The summed E-state index contributed by atoms with van der Waals surface area (Å²) in [5, 5.41) is 10.9. The van der Waals surface area contributed by atoms with E-state index in [0.717, 1.165) is 36.5 Å². The smallest absolute Gasteiger partial charge is 0.383 e. The molecule has 0 aliphatic carbocycles. The van der Waals surface area contributed by atoms with Crippen molar-refractivity contribution in [1.82, 2.24) is 34.2 Å². The number of pyridine rings is 1. The molecule has 7 aromatic rings. The number of halogens is 4. The summed E-state index contributed by atoms with van der Waals surface area (Å²) >= 11 is 5.20. The summed E-state index contributed by atoms with van der Waals surface area (Å²) in [6.07, 6.45) is 0.0160. The number of nitrogens with two attached hydrogens (primary N) is 1. The summed E-state index contributed by atoms with van der Waals surface area (Å²) in [7, 11) is 7.96. The van der Waals surface area contributed by atoms with Gasteiger partial charge in [-0.25, -0.2) is 19.5 Å². The number of alkyl halides is 3. The van der Waals surface area contributed by atoms with Crippen molar-refractivity contribution in [3.8, 4) is 32.4 Å². The van der Waals surface area contributed by atoms with Crippen LogP contribution >= 0.6 is 45.3 Å². The second-order valence-corrected chi connectivity index (χ2v) is 13.5. The second kappa shape index (κ2) is 12.5. The number of rotatable bonds is 5. The van der Waals surface area contributed by atoms with Crippen LogP contribution in [-0.2, 0) is 6.18 Å². The number of anilines is 3. The van der Waals surface area contributed by atoms with Crippen LogP contribution in [0.2, 0.25) is 0 Å². The molecule has 5 aromatic heterocycles. The molecule has 2 aromatic carbocycles. The van der Waals surface area contributed by atoms with Crippen molar-refractivity contribution in [1.29, 1.82) is 0 Å². The fourth-order valence-corrected chi connectivity index (χ4v) is 6.85. The number of imidazole rings is 2. The van der Waals surface area contributed by atoms with Gasteiger partial charge in [-0.1, -0.05) is 46.9 Å². The van der Waals surface area contributed by atoms with Crippen LogP contribution in [0.15, 0.2) is 73.2 Å². The Morgan fingerprint density at radius 2 is 1.26 bits per heavy atom. The Morgan fingerprint density at radius 1 is 0.717 bits per heavy atom. The van der Waals surface area contributed by atoms with Gasteiger partial charge >= 0.3 is 6.18 Å². The number of nitrogens with zero attached hydrogens (tertiary/aromatic N) is 9. The van der Waals surface area contributed by atoms with Gasteiger partial charge in [0, 0.05) is 62.5 Å². The van der Waals surface area contributed by atoms with Crippen LogP contribution in [0.4, 0.5) is 30.4 Å². The number of hydrogen-bond donors (Lipinski definition) is 1. The van der Waals surface area contributed by atoms with Gasteiger partial charge in [-0.3, -0.25) is 0 Å². The third-order valence-electron chi connectivity index (χ3n) is 6.87. The van der Waals surface area contributed by atoms with E-state index in [1.807, 2.05) is 68.1 Å². The third kappa shape index (κ3) is 6.36. The minimum atomic E-state index is -4.59. The first-order valence-electron chi connectivity index (χ1n) is 13.6. The highest BCUT2D eigenvalue weighted by molar-refractivity contribution is 14.1. The molecular formula is C30H26F3IN10S2. The van der Waals surface area contributed by atoms with Crippen molar-refractivity contribution in [2.24, 2.45) is 0 Å². The summed E-state index contributed by atoms with van der Waals surface area (Å²) in [6, 6.07) is 17.2. The molecule has 0 unspecified atom stereocenters. The number of hydrogen-bond acceptors (Lipinski definition) is 10. The fourth-order valence-electron chi connectivity index (χ4n) is 4.47. The van der Waals surface area contributed by atoms with Crippen molar-refractivity contribution in [3.05, 3.63) is 82.5 Å². The Kier molecular flexibility index (Phi) is 8.60. The molecule has 236 valence electrons. The van der Waals surface area contributed by atoms with Gasteiger partial charge in [0.15, 0.2) is 0 Å². The Balaban J connectivity index is 0.000000178. The molecule has 0 aliphatic rings. The van der Waals surface area contributed by atoms with Crippen molar-refractivity contribution in [2.75, 3.05) is 43.7 Å². The fraction of sp³-hybridized carbons (Fsp3) is 0.167. The summed E-state index contributed by atoms with van der Waals surface area (Å²) < 4.78 is 43.9. The van der Waals surface area contributed by atoms with E-state index in [-0.39, 0.29) is 5.56 Å². The molecule has 0 radical (unpaired) electrons. The topological polar surface area (TPSA) is 106 Å². The molecule has 0 amide bonds. The summed E-state index contributed by atoms with van der Waals surface area (Å²) in [4.78, 5) is 17.9. The molecule has 0 saturated heterocycles. The SMILES string of the molecule is CN(C)c1cccc(-c2nn3c(-c4cnc(N)c(C(F)(F)F)c4)cnc3s2)c1.CN(C)c1cccc(-c2nn3c(I)cnc3s2)c1. The van der Waals surface area contributed by atoms with Gasteiger partial charge in [-0.05, 0) is 52.9 Å². The molecule has 7 rings (SSSR count). The molecular weight excluding hydrogens is 748 g/mol. The first kappa shape index (κ1) is 31.7. The van der Waals surface area contributed by atoms with Crippen molar-refractivity contribution in [3.63, 3.8) is 0 Å². The van der Waals surface area contributed by atoms with Crippen molar-refractivity contribution < 1.29 is 13.2 Å². The third-order valence-corrected chi connectivity index (χ3v) is 9.55. The quantitative estimate of drug-likeness (QED) is 0.182. The van der Waals surface area contributed by atoms with Gasteiger partial charge in [0.05, 0.1) is 23.7 Å². The van der Waals surface area contributed by atoms with Gasteiger partial charge in [-0.2, -0.15) is 27.9 Å². The number of fused-ring (bicyclic) bond motifs is 2. The van der Waals surface area contributed by atoms with E-state index in [0.29, 0.717) is 15.7 Å². The van der Waals surface area contributed by atoms with Crippen LogP contribution in [0.3, 0.4) is 0 Å². The second-order valence-electron chi connectivity index (χ2n) is 10.5. The predicted octanol–water partition coefficient (Wildman–Crippen LogP) is 7.32. The highest BCUT2D eigenvalue weighted by Gasteiger charge is 2.34. The van der Waals surface area contributed by atoms with Crippen LogP contribution in [-0.4, -0.2) is 62.4 Å². The molecule has 5 heterocycles. The average molecular weight is 775 g/mol. The van der Waals surface area contributed by atoms with E-state index in [2.05, 4.69) is 76.9 Å². The maximum Gasteiger partial charge on any atom is 0.419 e. The molecule has 0 saturated carbocycles. The van der Waals surface area contributed by atoms with Crippen molar-refractivity contribution in [2.45, 2.75) is 6.18 Å². The Morgan fingerprint density at radius 3 is 1.80 bits per heavy atom. The largest absolute Gasteiger partial charge is 0.419 e. The molecule has 0 aliphatic heterocycles. The molecule has 0 bridgehead atoms. The minimum absolute atomic E-state index is 0.243. The van der Waals surface area contributed by atoms with Crippen molar-refractivity contribution >= 4 is 72.4 Å². The molecule has 2 N–H and O–H groups in total. The monoisotopic (exact) mass is 774 g/mol. The average Bonchev–Trinajstić information content (AvgIpc) is 3.80. The minimum Gasteiger partial charge on any atom is -0.383 e. The normalized spacial score (nSPS) is 11.6. The van der Waals surface area contributed by atoms with Crippen LogP contribution in [0.25, 0.3) is 42.3 Å². The van der Waals surface area contributed by atoms with Crippen LogP contribution in [0, 0.1) is 3.70 Å². The molecule has 16 heteroatoms. The zero-order chi connectivity index (χ0) is 32.7. The molecule has 0 atom stereocenters. The van der Waals surface area contributed by atoms with E-state index in [9.17, 15) is 13.2 Å². The van der Waals surface area contributed by atoms with E-state index in [1.54, 1.807) is 11.3 Å². The predicted molar refractivity (Wildman–Crippen MR) is 187 cm³/mol. The lowest BCUT2D eigenvalue weighted by Gasteiger charge is -2.12. The number of nitrogen functional groups attached to an aromatic ring is 1. The van der Waals surface area contributed by atoms with Crippen LogP contribution < -0.4 is 15.5 Å². The zero-order valence-electron chi connectivity index (χ0n) is 24.9. The highest BCUT2D eigenvalue weighted by atomic mass is 127. The Labute approximate surface area is 283 Å². The highest BCUT2D eigenvalue weighted by Crippen LogP contribution is 2.36.